The van der Waals surface area contributed by atoms with Gasteiger partial charge in [0.05, 0.1) is 0 Å². The Morgan fingerprint density at radius 1 is 1.11 bits per heavy atom. The summed E-state index contributed by atoms with van der Waals surface area (Å²) in [6, 6.07) is 6.53. The minimum atomic E-state index is -0.940. The van der Waals surface area contributed by atoms with E-state index in [-0.39, 0.29) is 23.1 Å². The van der Waals surface area contributed by atoms with Gasteiger partial charge in [0.15, 0.2) is 0 Å². The van der Waals surface area contributed by atoms with Gasteiger partial charge in [-0.05, 0) is 56.1 Å². The number of nitrogens with zero attached hydrogens (tertiary/aromatic N) is 2. The average molecular weight is 370 g/mol. The molecule has 2 amide bonds. The van der Waals surface area contributed by atoms with Crippen LogP contribution in [0.15, 0.2) is 24.3 Å². The lowest BCUT2D eigenvalue weighted by molar-refractivity contribution is -0.141. The Bertz CT molecular complexity index is 778. The van der Waals surface area contributed by atoms with Gasteiger partial charge in [0.25, 0.3) is 5.91 Å². The lowest BCUT2D eigenvalue weighted by Crippen LogP contribution is -2.45. The molecule has 2 heterocycles. The lowest BCUT2D eigenvalue weighted by Gasteiger charge is -2.39. The van der Waals surface area contributed by atoms with Crippen molar-refractivity contribution >= 4 is 17.8 Å². The Labute approximate surface area is 159 Å². The second kappa shape index (κ2) is 6.66. The van der Waals surface area contributed by atoms with Crippen LogP contribution in [-0.4, -0.2) is 58.4 Å². The molecule has 0 bridgehead atoms. The van der Waals surface area contributed by atoms with Crippen LogP contribution in [0.4, 0.5) is 0 Å². The Morgan fingerprint density at radius 2 is 1.78 bits per heavy atom. The third kappa shape index (κ3) is 3.33. The van der Waals surface area contributed by atoms with E-state index in [0.717, 1.165) is 31.2 Å². The van der Waals surface area contributed by atoms with Gasteiger partial charge in [-0.15, -0.1) is 0 Å². The molecule has 3 aliphatic rings. The molecule has 27 heavy (non-hydrogen) atoms. The third-order valence-electron chi connectivity index (χ3n) is 6.49. The molecule has 1 spiro atoms. The fourth-order valence-electron chi connectivity index (χ4n) is 4.61. The standard InChI is InChI=1S/C21H26N2O4/c1-14-4-2-3-5-16(14)19(25)23-13-21(12-17(23)20(26)27)8-10-22(11-9-21)18(24)15-6-7-15/h2-5,15,17H,6-13H2,1H3,(H,26,27)/t17-/m0/s1. The van der Waals surface area contributed by atoms with E-state index >= 15 is 0 Å². The van der Waals surface area contributed by atoms with Crippen molar-refractivity contribution in [3.63, 3.8) is 0 Å². The van der Waals surface area contributed by atoms with Gasteiger partial charge in [-0.2, -0.15) is 0 Å². The van der Waals surface area contributed by atoms with E-state index in [4.69, 9.17) is 0 Å². The zero-order valence-electron chi connectivity index (χ0n) is 15.7. The molecule has 144 valence electrons. The summed E-state index contributed by atoms with van der Waals surface area (Å²) in [4.78, 5) is 40.7. The quantitative estimate of drug-likeness (QED) is 0.886. The number of hydrogen-bond acceptors (Lipinski definition) is 3. The van der Waals surface area contributed by atoms with E-state index in [1.807, 2.05) is 30.0 Å². The van der Waals surface area contributed by atoms with Crippen LogP contribution >= 0.6 is 0 Å². The highest BCUT2D eigenvalue weighted by Gasteiger charge is 2.50. The van der Waals surface area contributed by atoms with E-state index in [2.05, 4.69) is 0 Å². The summed E-state index contributed by atoms with van der Waals surface area (Å²) >= 11 is 0. The number of benzene rings is 1. The highest BCUT2D eigenvalue weighted by Crippen LogP contribution is 2.45. The largest absolute Gasteiger partial charge is 0.480 e. The topological polar surface area (TPSA) is 77.9 Å². The third-order valence-corrected chi connectivity index (χ3v) is 6.49. The van der Waals surface area contributed by atoms with Gasteiger partial charge in [0.1, 0.15) is 6.04 Å². The second-order valence-corrected chi connectivity index (χ2v) is 8.41. The number of carboxylic acid groups (broad SMARTS) is 1. The summed E-state index contributed by atoms with van der Waals surface area (Å²) in [6.45, 7) is 3.68. The van der Waals surface area contributed by atoms with Crippen molar-refractivity contribution in [1.29, 1.82) is 0 Å². The molecule has 1 aromatic rings. The van der Waals surface area contributed by atoms with E-state index in [1.165, 1.54) is 0 Å². The van der Waals surface area contributed by atoms with Crippen LogP contribution in [0.1, 0.15) is 48.0 Å². The summed E-state index contributed by atoms with van der Waals surface area (Å²) in [7, 11) is 0. The van der Waals surface area contributed by atoms with Gasteiger partial charge in [-0.25, -0.2) is 4.79 Å². The summed E-state index contributed by atoms with van der Waals surface area (Å²) in [6.07, 6.45) is 4.02. The molecule has 0 radical (unpaired) electrons. The molecule has 4 rings (SSSR count). The molecule has 2 aliphatic heterocycles. The predicted molar refractivity (Wildman–Crippen MR) is 99.2 cm³/mol. The molecule has 1 aromatic carbocycles. The Balaban J connectivity index is 1.51. The highest BCUT2D eigenvalue weighted by molar-refractivity contribution is 5.98. The van der Waals surface area contributed by atoms with Crippen LogP contribution in [0.3, 0.4) is 0 Å². The van der Waals surface area contributed by atoms with Crippen LogP contribution in [0, 0.1) is 18.3 Å². The molecule has 1 N–H and O–H groups in total. The molecule has 2 saturated heterocycles. The first kappa shape index (κ1) is 18.0. The maximum Gasteiger partial charge on any atom is 0.326 e. The maximum atomic E-state index is 13.1. The minimum absolute atomic E-state index is 0.193. The van der Waals surface area contributed by atoms with E-state index in [1.54, 1.807) is 11.0 Å². The van der Waals surface area contributed by atoms with Gasteiger partial charge >= 0.3 is 5.97 Å². The fraction of sp³-hybridized carbons (Fsp3) is 0.571. The molecule has 6 heteroatoms. The van der Waals surface area contributed by atoms with Crippen molar-refractivity contribution < 1.29 is 19.5 Å². The SMILES string of the molecule is Cc1ccccc1C(=O)N1CC2(CCN(C(=O)C3CC3)CC2)C[C@H]1C(=O)O. The normalized spacial score (nSPS) is 24.3. The molecule has 3 fully saturated rings. The first-order valence-electron chi connectivity index (χ1n) is 9.78. The summed E-state index contributed by atoms with van der Waals surface area (Å²) in [5, 5.41) is 9.73. The zero-order chi connectivity index (χ0) is 19.2. The van der Waals surface area contributed by atoms with Crippen molar-refractivity contribution in [2.24, 2.45) is 11.3 Å². The summed E-state index contributed by atoms with van der Waals surface area (Å²) in [5.41, 5.74) is 1.24. The summed E-state index contributed by atoms with van der Waals surface area (Å²) in [5.74, 6) is -0.668. The smallest absolute Gasteiger partial charge is 0.326 e. The van der Waals surface area contributed by atoms with Crippen molar-refractivity contribution in [1.82, 2.24) is 9.80 Å². The number of aryl methyl sites for hydroxylation is 1. The van der Waals surface area contributed by atoms with Crippen LogP contribution in [0.2, 0.25) is 0 Å². The monoisotopic (exact) mass is 370 g/mol. The fourth-order valence-corrected chi connectivity index (χ4v) is 4.61. The van der Waals surface area contributed by atoms with E-state index < -0.39 is 12.0 Å². The molecule has 0 aromatic heterocycles. The van der Waals surface area contributed by atoms with E-state index in [0.29, 0.717) is 31.6 Å². The lowest BCUT2D eigenvalue weighted by atomic mass is 9.76. The molecule has 6 nitrogen and oxygen atoms in total. The number of piperidine rings is 1. The number of rotatable bonds is 3. The number of likely N-dealkylation sites (tertiary alicyclic amines) is 2. The highest BCUT2D eigenvalue weighted by atomic mass is 16.4. The Hall–Kier alpha value is -2.37. The van der Waals surface area contributed by atoms with Gasteiger partial charge in [0, 0.05) is 31.1 Å². The van der Waals surface area contributed by atoms with Crippen molar-refractivity contribution in [2.45, 2.75) is 45.1 Å². The zero-order valence-corrected chi connectivity index (χ0v) is 15.7. The second-order valence-electron chi connectivity index (χ2n) is 8.41. The summed E-state index contributed by atoms with van der Waals surface area (Å²) < 4.78 is 0. The number of hydrogen-bond donors (Lipinski definition) is 1. The van der Waals surface area contributed by atoms with Crippen LogP contribution < -0.4 is 0 Å². The molecule has 1 saturated carbocycles. The van der Waals surface area contributed by atoms with Gasteiger partial charge in [-0.3, -0.25) is 9.59 Å². The number of aliphatic carboxylic acids is 1. The number of carbonyl (C=O) groups is 3. The van der Waals surface area contributed by atoms with Crippen LogP contribution in [0.5, 0.6) is 0 Å². The number of carbonyl (C=O) groups excluding carboxylic acids is 2. The molecule has 0 unspecified atom stereocenters. The minimum Gasteiger partial charge on any atom is -0.480 e. The number of amides is 2. The van der Waals surface area contributed by atoms with Crippen LogP contribution in [0.25, 0.3) is 0 Å². The van der Waals surface area contributed by atoms with Crippen molar-refractivity contribution in [3.05, 3.63) is 35.4 Å². The van der Waals surface area contributed by atoms with Gasteiger partial charge in [0.2, 0.25) is 5.91 Å². The Kier molecular flexibility index (Phi) is 4.44. The van der Waals surface area contributed by atoms with Crippen molar-refractivity contribution in [2.75, 3.05) is 19.6 Å². The Morgan fingerprint density at radius 3 is 2.37 bits per heavy atom. The van der Waals surface area contributed by atoms with Crippen molar-refractivity contribution in [3.8, 4) is 0 Å². The molecule has 1 aliphatic carbocycles. The average Bonchev–Trinajstić information content (AvgIpc) is 3.44. The van der Waals surface area contributed by atoms with Crippen LogP contribution in [-0.2, 0) is 9.59 Å². The molecular formula is C21H26N2O4. The predicted octanol–water partition coefficient (Wildman–Crippen LogP) is 2.31. The van der Waals surface area contributed by atoms with Gasteiger partial charge in [-0.1, -0.05) is 18.2 Å². The first-order valence-corrected chi connectivity index (χ1v) is 9.78. The first-order chi connectivity index (χ1) is 12.9. The molecule has 1 atom stereocenters. The number of carboxylic acids is 1. The van der Waals surface area contributed by atoms with Gasteiger partial charge < -0.3 is 14.9 Å². The molecular weight excluding hydrogens is 344 g/mol. The maximum absolute atomic E-state index is 13.1. The van der Waals surface area contributed by atoms with E-state index in [9.17, 15) is 19.5 Å².